The number of likely N-dealkylation sites (N-methyl/N-ethyl adjacent to an activating group) is 1. The van der Waals surface area contributed by atoms with Crippen LogP contribution in [-0.2, 0) is 14.3 Å². The summed E-state index contributed by atoms with van der Waals surface area (Å²) in [7, 11) is 1.73. The molecule has 2 aliphatic rings. The molecule has 1 aromatic heterocycles. The van der Waals surface area contributed by atoms with Crippen molar-refractivity contribution in [2.24, 2.45) is 0 Å². The Morgan fingerprint density at radius 2 is 2.24 bits per heavy atom. The third kappa shape index (κ3) is 2.79. The standard InChI is InChI=1S/C14H18N2O5/c1-15-8-14(21-7-12(15)17)9-16(4-6-19-10-14)13(18)11-3-2-5-20-11/h2-3,5H,4,6-10H2,1H3/t14-/m0/s1. The molecule has 3 rings (SSSR count). The number of amides is 2. The van der Waals surface area contributed by atoms with Crippen LogP contribution in [0.2, 0.25) is 0 Å². The molecule has 0 unspecified atom stereocenters. The van der Waals surface area contributed by atoms with Crippen LogP contribution in [0.3, 0.4) is 0 Å². The topological polar surface area (TPSA) is 72.2 Å². The predicted molar refractivity (Wildman–Crippen MR) is 71.8 cm³/mol. The third-order valence-electron chi connectivity index (χ3n) is 3.82. The van der Waals surface area contributed by atoms with Crippen molar-refractivity contribution in [1.82, 2.24) is 9.80 Å². The van der Waals surface area contributed by atoms with E-state index in [-0.39, 0.29) is 18.4 Å². The van der Waals surface area contributed by atoms with Crippen LogP contribution in [0.25, 0.3) is 0 Å². The van der Waals surface area contributed by atoms with E-state index < -0.39 is 5.60 Å². The second-order valence-electron chi connectivity index (χ2n) is 5.48. The molecule has 1 atom stereocenters. The molecular formula is C14H18N2O5. The first-order chi connectivity index (χ1) is 10.1. The lowest BCUT2D eigenvalue weighted by molar-refractivity contribution is -0.169. The third-order valence-corrected chi connectivity index (χ3v) is 3.82. The number of nitrogens with zero attached hydrogens (tertiary/aromatic N) is 2. The molecule has 0 radical (unpaired) electrons. The smallest absolute Gasteiger partial charge is 0.289 e. The summed E-state index contributed by atoms with van der Waals surface area (Å²) in [4.78, 5) is 27.3. The molecule has 2 aliphatic heterocycles. The summed E-state index contributed by atoms with van der Waals surface area (Å²) in [6.45, 7) is 2.09. The van der Waals surface area contributed by atoms with Gasteiger partial charge in [-0.15, -0.1) is 0 Å². The Hall–Kier alpha value is -1.86. The van der Waals surface area contributed by atoms with Gasteiger partial charge in [-0.25, -0.2) is 0 Å². The van der Waals surface area contributed by atoms with Crippen LogP contribution in [0.15, 0.2) is 22.8 Å². The molecule has 114 valence electrons. The number of rotatable bonds is 1. The predicted octanol–water partition coefficient (Wildman–Crippen LogP) is -0.0206. The van der Waals surface area contributed by atoms with E-state index >= 15 is 0 Å². The summed E-state index contributed by atoms with van der Waals surface area (Å²) < 4.78 is 16.5. The molecule has 2 saturated heterocycles. The Bertz CT molecular complexity index is 529. The van der Waals surface area contributed by atoms with Gasteiger partial charge in [-0.2, -0.15) is 0 Å². The maximum atomic E-state index is 12.4. The van der Waals surface area contributed by atoms with Crippen molar-refractivity contribution < 1.29 is 23.5 Å². The molecular weight excluding hydrogens is 276 g/mol. The highest BCUT2D eigenvalue weighted by Crippen LogP contribution is 2.23. The molecule has 0 aromatic carbocycles. The summed E-state index contributed by atoms with van der Waals surface area (Å²) in [6.07, 6.45) is 1.47. The summed E-state index contributed by atoms with van der Waals surface area (Å²) in [6, 6.07) is 3.32. The van der Waals surface area contributed by atoms with Gasteiger partial charge < -0.3 is 23.7 Å². The van der Waals surface area contributed by atoms with Crippen LogP contribution >= 0.6 is 0 Å². The average Bonchev–Trinajstić information content (AvgIpc) is 2.93. The summed E-state index contributed by atoms with van der Waals surface area (Å²) in [5.74, 6) is 0.0501. The van der Waals surface area contributed by atoms with Gasteiger partial charge in [0.05, 0.1) is 32.6 Å². The van der Waals surface area contributed by atoms with E-state index in [1.807, 2.05) is 0 Å². The van der Waals surface area contributed by atoms with E-state index in [0.29, 0.717) is 38.6 Å². The Balaban J connectivity index is 1.77. The highest BCUT2D eigenvalue weighted by Gasteiger charge is 2.43. The molecule has 2 fully saturated rings. The van der Waals surface area contributed by atoms with E-state index in [9.17, 15) is 9.59 Å². The van der Waals surface area contributed by atoms with E-state index in [2.05, 4.69) is 0 Å². The number of hydrogen-bond acceptors (Lipinski definition) is 5. The van der Waals surface area contributed by atoms with Crippen LogP contribution in [0, 0.1) is 0 Å². The van der Waals surface area contributed by atoms with Crippen molar-refractivity contribution in [3.05, 3.63) is 24.2 Å². The largest absolute Gasteiger partial charge is 0.459 e. The molecule has 0 saturated carbocycles. The van der Waals surface area contributed by atoms with Crippen molar-refractivity contribution in [3.8, 4) is 0 Å². The first-order valence-corrected chi connectivity index (χ1v) is 6.88. The number of carbonyl (C=O) groups excluding carboxylic acids is 2. The first kappa shape index (κ1) is 14.1. The number of hydrogen-bond donors (Lipinski definition) is 0. The first-order valence-electron chi connectivity index (χ1n) is 6.88. The summed E-state index contributed by atoms with van der Waals surface area (Å²) in [5, 5.41) is 0. The summed E-state index contributed by atoms with van der Waals surface area (Å²) in [5.41, 5.74) is -0.665. The van der Waals surface area contributed by atoms with Gasteiger partial charge in [0.1, 0.15) is 12.2 Å². The van der Waals surface area contributed by atoms with Gasteiger partial charge in [0, 0.05) is 13.6 Å². The minimum Gasteiger partial charge on any atom is -0.459 e. The lowest BCUT2D eigenvalue weighted by Crippen LogP contribution is -2.60. The SMILES string of the molecule is CN1C[C@]2(COCCN(C(=O)c3ccco3)C2)OCC1=O. The van der Waals surface area contributed by atoms with E-state index in [0.717, 1.165) is 0 Å². The van der Waals surface area contributed by atoms with Crippen molar-refractivity contribution in [2.75, 3.05) is 46.5 Å². The van der Waals surface area contributed by atoms with Gasteiger partial charge in [-0.1, -0.05) is 0 Å². The van der Waals surface area contributed by atoms with Crippen molar-refractivity contribution in [2.45, 2.75) is 5.60 Å². The number of morpholine rings is 1. The zero-order chi connectivity index (χ0) is 14.9. The monoisotopic (exact) mass is 294 g/mol. The number of ether oxygens (including phenoxy) is 2. The fraction of sp³-hybridized carbons (Fsp3) is 0.571. The van der Waals surface area contributed by atoms with Crippen molar-refractivity contribution in [3.63, 3.8) is 0 Å². The zero-order valence-corrected chi connectivity index (χ0v) is 11.9. The Labute approximate surface area is 122 Å². The second kappa shape index (κ2) is 5.50. The number of carbonyl (C=O) groups is 2. The van der Waals surface area contributed by atoms with Crippen LogP contribution in [-0.4, -0.2) is 73.7 Å². The van der Waals surface area contributed by atoms with E-state index in [1.165, 1.54) is 6.26 Å². The van der Waals surface area contributed by atoms with Gasteiger partial charge >= 0.3 is 0 Å². The van der Waals surface area contributed by atoms with Crippen molar-refractivity contribution >= 4 is 11.8 Å². The van der Waals surface area contributed by atoms with Gasteiger partial charge in [0.2, 0.25) is 5.91 Å². The lowest BCUT2D eigenvalue weighted by Gasteiger charge is -2.41. The maximum Gasteiger partial charge on any atom is 0.289 e. The fourth-order valence-corrected chi connectivity index (χ4v) is 2.71. The molecule has 2 amide bonds. The van der Waals surface area contributed by atoms with Crippen LogP contribution in [0.1, 0.15) is 10.6 Å². The van der Waals surface area contributed by atoms with E-state index in [4.69, 9.17) is 13.9 Å². The quantitative estimate of drug-likeness (QED) is 0.728. The minimum atomic E-state index is -0.665. The Morgan fingerprint density at radius 3 is 2.95 bits per heavy atom. The Morgan fingerprint density at radius 1 is 1.38 bits per heavy atom. The second-order valence-corrected chi connectivity index (χ2v) is 5.48. The minimum absolute atomic E-state index is 0.0165. The molecule has 1 spiro atoms. The zero-order valence-electron chi connectivity index (χ0n) is 11.9. The average molecular weight is 294 g/mol. The highest BCUT2D eigenvalue weighted by molar-refractivity contribution is 5.91. The van der Waals surface area contributed by atoms with Crippen molar-refractivity contribution in [1.29, 1.82) is 0 Å². The van der Waals surface area contributed by atoms with Gasteiger partial charge in [-0.05, 0) is 12.1 Å². The van der Waals surface area contributed by atoms with Crippen LogP contribution in [0.5, 0.6) is 0 Å². The molecule has 0 bridgehead atoms. The molecule has 7 nitrogen and oxygen atoms in total. The molecule has 3 heterocycles. The Kier molecular flexibility index (Phi) is 3.69. The van der Waals surface area contributed by atoms with Crippen LogP contribution < -0.4 is 0 Å². The molecule has 0 aliphatic carbocycles. The van der Waals surface area contributed by atoms with E-state index in [1.54, 1.807) is 29.0 Å². The molecule has 21 heavy (non-hydrogen) atoms. The van der Waals surface area contributed by atoms with Gasteiger partial charge in [0.15, 0.2) is 5.76 Å². The van der Waals surface area contributed by atoms with Gasteiger partial charge in [-0.3, -0.25) is 9.59 Å². The normalized spacial score (nSPS) is 27.0. The number of furan rings is 1. The lowest BCUT2D eigenvalue weighted by atomic mass is 10.0. The maximum absolute atomic E-state index is 12.4. The molecule has 0 N–H and O–H groups in total. The summed E-state index contributed by atoms with van der Waals surface area (Å²) >= 11 is 0. The molecule has 1 aromatic rings. The highest BCUT2D eigenvalue weighted by atomic mass is 16.6. The van der Waals surface area contributed by atoms with Gasteiger partial charge in [0.25, 0.3) is 5.91 Å². The fourth-order valence-electron chi connectivity index (χ4n) is 2.71. The molecule has 7 heteroatoms. The van der Waals surface area contributed by atoms with Crippen LogP contribution in [0.4, 0.5) is 0 Å².